The van der Waals surface area contributed by atoms with Crippen molar-refractivity contribution in [2.24, 2.45) is 5.73 Å². The van der Waals surface area contributed by atoms with Crippen LogP contribution in [0.25, 0.3) is 11.4 Å². The molecule has 0 spiro atoms. The predicted octanol–water partition coefficient (Wildman–Crippen LogP) is 2.34. The van der Waals surface area contributed by atoms with Gasteiger partial charge in [0.25, 0.3) is 0 Å². The average Bonchev–Trinajstić information content (AvgIpc) is 3.12. The highest BCUT2D eigenvalue weighted by Crippen LogP contribution is 2.28. The standard InChI is InChI=1S/C18H22N4O3/c1-2-4-15(23)22-10-3-5-14(11-22)18-20-17(21-25-18)13-8-6-12(7-9-13)16(19)24/h6-9,14H,2-5,10-11H2,1H3,(H2,19,24). The summed E-state index contributed by atoms with van der Waals surface area (Å²) in [7, 11) is 0. The second-order valence-electron chi connectivity index (χ2n) is 6.33. The Balaban J connectivity index is 1.72. The van der Waals surface area contributed by atoms with Crippen molar-refractivity contribution < 1.29 is 14.1 Å². The van der Waals surface area contributed by atoms with Gasteiger partial charge in [-0.3, -0.25) is 9.59 Å². The van der Waals surface area contributed by atoms with Gasteiger partial charge in [-0.25, -0.2) is 0 Å². The predicted molar refractivity (Wildman–Crippen MR) is 91.7 cm³/mol. The molecule has 25 heavy (non-hydrogen) atoms. The van der Waals surface area contributed by atoms with E-state index >= 15 is 0 Å². The number of nitrogens with two attached hydrogens (primary N) is 1. The molecule has 2 heterocycles. The number of carbonyl (C=O) groups excluding carboxylic acids is 2. The van der Waals surface area contributed by atoms with Gasteiger partial charge in [-0.1, -0.05) is 24.2 Å². The molecule has 0 bridgehead atoms. The van der Waals surface area contributed by atoms with Crippen molar-refractivity contribution in [3.63, 3.8) is 0 Å². The van der Waals surface area contributed by atoms with Gasteiger partial charge in [0.1, 0.15) is 0 Å². The van der Waals surface area contributed by atoms with Crippen molar-refractivity contribution in [2.75, 3.05) is 13.1 Å². The number of hydrogen-bond donors (Lipinski definition) is 1. The minimum Gasteiger partial charge on any atom is -0.366 e. The quantitative estimate of drug-likeness (QED) is 0.898. The first-order chi connectivity index (χ1) is 12.1. The molecule has 1 aromatic heterocycles. The van der Waals surface area contributed by atoms with E-state index < -0.39 is 5.91 Å². The molecule has 3 rings (SSSR count). The van der Waals surface area contributed by atoms with Crippen molar-refractivity contribution in [1.82, 2.24) is 15.0 Å². The van der Waals surface area contributed by atoms with E-state index in [0.29, 0.717) is 30.2 Å². The van der Waals surface area contributed by atoms with Crippen molar-refractivity contribution in [3.05, 3.63) is 35.7 Å². The largest absolute Gasteiger partial charge is 0.366 e. The molecule has 7 heteroatoms. The van der Waals surface area contributed by atoms with E-state index in [4.69, 9.17) is 10.3 Å². The van der Waals surface area contributed by atoms with Crippen LogP contribution >= 0.6 is 0 Å². The number of aromatic nitrogens is 2. The number of likely N-dealkylation sites (tertiary alicyclic amines) is 1. The van der Waals surface area contributed by atoms with Gasteiger partial charge in [0, 0.05) is 30.6 Å². The molecule has 1 unspecified atom stereocenters. The average molecular weight is 342 g/mol. The van der Waals surface area contributed by atoms with Crippen LogP contribution in [-0.2, 0) is 4.79 Å². The summed E-state index contributed by atoms with van der Waals surface area (Å²) in [4.78, 5) is 29.6. The van der Waals surface area contributed by atoms with E-state index in [1.165, 1.54) is 0 Å². The number of piperidine rings is 1. The summed E-state index contributed by atoms with van der Waals surface area (Å²) in [5.41, 5.74) is 6.44. The molecular weight excluding hydrogens is 320 g/mol. The van der Waals surface area contributed by atoms with Gasteiger partial charge in [-0.05, 0) is 31.4 Å². The zero-order valence-corrected chi connectivity index (χ0v) is 14.3. The molecule has 1 aliphatic rings. The van der Waals surface area contributed by atoms with Gasteiger partial charge in [-0.2, -0.15) is 4.98 Å². The third kappa shape index (κ3) is 3.87. The highest BCUT2D eigenvalue weighted by molar-refractivity contribution is 5.93. The molecule has 1 fully saturated rings. The molecule has 0 radical (unpaired) electrons. The lowest BCUT2D eigenvalue weighted by molar-refractivity contribution is -0.132. The summed E-state index contributed by atoms with van der Waals surface area (Å²) in [6, 6.07) is 6.76. The Morgan fingerprint density at radius 3 is 2.76 bits per heavy atom. The fourth-order valence-corrected chi connectivity index (χ4v) is 3.08. The van der Waals surface area contributed by atoms with Crippen molar-refractivity contribution in [2.45, 2.75) is 38.5 Å². The molecule has 0 saturated carbocycles. The van der Waals surface area contributed by atoms with Gasteiger partial charge >= 0.3 is 0 Å². The summed E-state index contributed by atoms with van der Waals surface area (Å²) < 4.78 is 5.43. The molecule has 2 amide bonds. The summed E-state index contributed by atoms with van der Waals surface area (Å²) in [6.07, 6.45) is 3.29. The number of primary amides is 1. The maximum absolute atomic E-state index is 12.1. The van der Waals surface area contributed by atoms with Crippen LogP contribution in [0.2, 0.25) is 0 Å². The van der Waals surface area contributed by atoms with Crippen molar-refractivity contribution in [3.8, 4) is 11.4 Å². The highest BCUT2D eigenvalue weighted by atomic mass is 16.5. The number of benzene rings is 1. The summed E-state index contributed by atoms with van der Waals surface area (Å²) in [5.74, 6) is 0.820. The van der Waals surface area contributed by atoms with Crippen LogP contribution in [-0.4, -0.2) is 39.9 Å². The van der Waals surface area contributed by atoms with E-state index in [9.17, 15) is 9.59 Å². The SMILES string of the molecule is CCCC(=O)N1CCCC(c2nc(-c3ccc(C(N)=O)cc3)no2)C1. The molecule has 1 atom stereocenters. The smallest absolute Gasteiger partial charge is 0.248 e. The van der Waals surface area contributed by atoms with Gasteiger partial charge in [0.15, 0.2) is 0 Å². The van der Waals surface area contributed by atoms with E-state index in [-0.39, 0.29) is 11.8 Å². The molecule has 0 aliphatic carbocycles. The van der Waals surface area contributed by atoms with Crippen LogP contribution in [0.3, 0.4) is 0 Å². The minimum absolute atomic E-state index is 0.0701. The maximum Gasteiger partial charge on any atom is 0.248 e. The van der Waals surface area contributed by atoms with Crippen molar-refractivity contribution in [1.29, 1.82) is 0 Å². The van der Waals surface area contributed by atoms with Gasteiger partial charge in [-0.15, -0.1) is 0 Å². The third-order valence-electron chi connectivity index (χ3n) is 4.46. The summed E-state index contributed by atoms with van der Waals surface area (Å²) >= 11 is 0. The highest BCUT2D eigenvalue weighted by Gasteiger charge is 2.28. The Kier molecular flexibility index (Phi) is 5.11. The molecule has 2 N–H and O–H groups in total. The monoisotopic (exact) mass is 342 g/mol. The number of amides is 2. The Morgan fingerprint density at radius 2 is 2.08 bits per heavy atom. The van der Waals surface area contributed by atoms with Crippen LogP contribution in [0, 0.1) is 0 Å². The molecule has 1 saturated heterocycles. The normalized spacial score (nSPS) is 17.5. The minimum atomic E-state index is -0.473. The lowest BCUT2D eigenvalue weighted by Crippen LogP contribution is -2.39. The Morgan fingerprint density at radius 1 is 1.32 bits per heavy atom. The third-order valence-corrected chi connectivity index (χ3v) is 4.46. The van der Waals surface area contributed by atoms with E-state index in [1.807, 2.05) is 11.8 Å². The number of nitrogens with zero attached hydrogens (tertiary/aromatic N) is 3. The van der Waals surface area contributed by atoms with E-state index in [0.717, 1.165) is 31.4 Å². The van der Waals surface area contributed by atoms with Crippen LogP contribution in [0.4, 0.5) is 0 Å². The lowest BCUT2D eigenvalue weighted by atomic mass is 9.97. The Labute approximate surface area is 146 Å². The molecular formula is C18H22N4O3. The second-order valence-corrected chi connectivity index (χ2v) is 6.33. The molecule has 1 aromatic carbocycles. The first kappa shape index (κ1) is 17.1. The maximum atomic E-state index is 12.1. The first-order valence-electron chi connectivity index (χ1n) is 8.60. The van der Waals surface area contributed by atoms with Gasteiger partial charge in [0.05, 0.1) is 5.92 Å². The topological polar surface area (TPSA) is 102 Å². The number of hydrogen-bond acceptors (Lipinski definition) is 5. The summed E-state index contributed by atoms with van der Waals surface area (Å²) in [5, 5.41) is 4.04. The first-order valence-corrected chi connectivity index (χ1v) is 8.60. The molecule has 132 valence electrons. The van der Waals surface area contributed by atoms with Crippen molar-refractivity contribution >= 4 is 11.8 Å². The zero-order chi connectivity index (χ0) is 17.8. The van der Waals surface area contributed by atoms with Gasteiger partial charge in [0.2, 0.25) is 23.5 Å². The van der Waals surface area contributed by atoms with Crippen LogP contribution in [0.5, 0.6) is 0 Å². The Hall–Kier alpha value is -2.70. The Bertz CT molecular complexity index is 754. The summed E-state index contributed by atoms with van der Waals surface area (Å²) in [6.45, 7) is 3.43. The number of carbonyl (C=O) groups is 2. The van der Waals surface area contributed by atoms with E-state index in [2.05, 4.69) is 10.1 Å². The fourth-order valence-electron chi connectivity index (χ4n) is 3.08. The number of rotatable bonds is 5. The molecule has 2 aromatic rings. The van der Waals surface area contributed by atoms with Crippen LogP contribution < -0.4 is 5.73 Å². The lowest BCUT2D eigenvalue weighted by Gasteiger charge is -2.31. The zero-order valence-electron chi connectivity index (χ0n) is 14.3. The fraction of sp³-hybridized carbons (Fsp3) is 0.444. The van der Waals surface area contributed by atoms with Gasteiger partial charge < -0.3 is 15.2 Å². The second kappa shape index (κ2) is 7.46. The van der Waals surface area contributed by atoms with Crippen LogP contribution in [0.1, 0.15) is 54.8 Å². The molecule has 1 aliphatic heterocycles. The van der Waals surface area contributed by atoms with Crippen LogP contribution in [0.15, 0.2) is 28.8 Å². The molecule has 7 nitrogen and oxygen atoms in total. The van der Waals surface area contributed by atoms with E-state index in [1.54, 1.807) is 24.3 Å².